The highest BCUT2D eigenvalue weighted by Gasteiger charge is 2.48. The van der Waals surface area contributed by atoms with Gasteiger partial charge in [0.1, 0.15) is 5.54 Å². The third kappa shape index (κ3) is 4.53. The van der Waals surface area contributed by atoms with Crippen molar-refractivity contribution in [2.75, 3.05) is 52.3 Å². The van der Waals surface area contributed by atoms with E-state index >= 15 is 0 Å². The lowest BCUT2D eigenvalue weighted by Crippen LogP contribution is -2.58. The molecule has 2 unspecified atom stereocenters. The van der Waals surface area contributed by atoms with Gasteiger partial charge in [-0.2, -0.15) is 11.8 Å². The smallest absolute Gasteiger partial charge is 0.322 e. The van der Waals surface area contributed by atoms with Gasteiger partial charge in [-0.15, -0.1) is 24.0 Å². The second-order valence-corrected chi connectivity index (χ2v) is 9.30. The van der Waals surface area contributed by atoms with E-state index in [1.54, 1.807) is 0 Å². The number of thioether (sulfide) groups is 1. The van der Waals surface area contributed by atoms with Gasteiger partial charge in [-0.05, 0) is 52.0 Å². The Balaban J connectivity index is 0.00000280. The normalized spacial score (nSPS) is 31.6. The Bertz CT molecular complexity index is 617. The number of guanidine groups is 1. The van der Waals surface area contributed by atoms with Crippen LogP contribution in [0.15, 0.2) is 4.99 Å². The van der Waals surface area contributed by atoms with Gasteiger partial charge in [-0.3, -0.25) is 15.1 Å². The predicted molar refractivity (Wildman–Crippen MR) is 125 cm³/mol. The van der Waals surface area contributed by atoms with Crippen LogP contribution in [0.2, 0.25) is 0 Å². The van der Waals surface area contributed by atoms with Crippen molar-refractivity contribution in [2.45, 2.75) is 37.3 Å². The van der Waals surface area contributed by atoms with Crippen molar-refractivity contribution in [3.63, 3.8) is 0 Å². The van der Waals surface area contributed by atoms with E-state index in [2.05, 4.69) is 44.8 Å². The van der Waals surface area contributed by atoms with Crippen LogP contribution in [0, 0.1) is 5.92 Å². The van der Waals surface area contributed by atoms with Crippen LogP contribution >= 0.6 is 35.7 Å². The van der Waals surface area contributed by atoms with Crippen molar-refractivity contribution < 1.29 is 9.59 Å². The number of hydrogen-bond acceptors (Lipinski definition) is 5. The molecule has 10 heteroatoms. The lowest BCUT2D eigenvalue weighted by molar-refractivity contribution is -0.125. The molecule has 3 amide bonds. The zero-order valence-corrected chi connectivity index (χ0v) is 20.4. The molecule has 3 rings (SSSR count). The minimum atomic E-state index is -0.795. The molecule has 3 saturated heterocycles. The molecule has 0 bridgehead atoms. The predicted octanol–water partition coefficient (Wildman–Crippen LogP) is 0.927. The summed E-state index contributed by atoms with van der Waals surface area (Å²) in [6.45, 7) is 4.37. The zero-order valence-electron chi connectivity index (χ0n) is 17.2. The number of nitrogens with one attached hydrogen (secondary N) is 3. The summed E-state index contributed by atoms with van der Waals surface area (Å²) in [6.07, 6.45) is 2.88. The highest BCUT2D eigenvalue weighted by atomic mass is 127. The van der Waals surface area contributed by atoms with Crippen molar-refractivity contribution in [3.05, 3.63) is 0 Å². The van der Waals surface area contributed by atoms with Crippen molar-refractivity contribution in [1.82, 2.24) is 25.8 Å². The maximum atomic E-state index is 12.2. The van der Waals surface area contributed by atoms with Crippen molar-refractivity contribution in [2.24, 2.45) is 10.9 Å². The van der Waals surface area contributed by atoms with Crippen LogP contribution in [0.25, 0.3) is 0 Å². The molecule has 28 heavy (non-hydrogen) atoms. The summed E-state index contributed by atoms with van der Waals surface area (Å²) in [5, 5.41) is 8.77. The van der Waals surface area contributed by atoms with Gasteiger partial charge >= 0.3 is 6.03 Å². The van der Waals surface area contributed by atoms with Gasteiger partial charge in [-0.25, -0.2) is 4.79 Å². The van der Waals surface area contributed by atoms with E-state index in [9.17, 15) is 9.59 Å². The highest BCUT2D eigenvalue weighted by Crippen LogP contribution is 2.32. The molecule has 0 saturated carbocycles. The molecule has 0 aliphatic carbocycles. The van der Waals surface area contributed by atoms with Gasteiger partial charge in [0, 0.05) is 38.0 Å². The van der Waals surface area contributed by atoms with Gasteiger partial charge in [0.25, 0.3) is 5.91 Å². The third-order valence-electron chi connectivity index (χ3n) is 6.50. The molecular formula is C18H33IN6O2S. The Morgan fingerprint density at radius 2 is 2.04 bits per heavy atom. The molecular weight excluding hydrogens is 491 g/mol. The Morgan fingerprint density at radius 3 is 2.50 bits per heavy atom. The first-order valence-electron chi connectivity index (χ1n) is 9.65. The summed E-state index contributed by atoms with van der Waals surface area (Å²) in [7, 11) is 6.14. The van der Waals surface area contributed by atoms with Crippen molar-refractivity contribution in [1.29, 1.82) is 0 Å². The minimum absolute atomic E-state index is 0. The summed E-state index contributed by atoms with van der Waals surface area (Å²) in [5.41, 5.74) is -0.616. The first kappa shape index (κ1) is 23.5. The van der Waals surface area contributed by atoms with Gasteiger partial charge in [0.05, 0.1) is 0 Å². The lowest BCUT2D eigenvalue weighted by atomic mass is 9.79. The molecule has 0 aromatic heterocycles. The standard InChI is InChI=1S/C18H32N6O2S.HI/c1-17(14(25)21-16(26)22-17)13-5-8-24(9-6-13)15(19-2)20-11-18(23(3)4)7-10-27-12-18;/h13H,5-12H2,1-4H3,(H,19,20)(H2,21,22,25,26);1H. The van der Waals surface area contributed by atoms with Gasteiger partial charge in [-0.1, -0.05) is 0 Å². The monoisotopic (exact) mass is 524 g/mol. The van der Waals surface area contributed by atoms with Crippen LogP contribution in [0.5, 0.6) is 0 Å². The molecule has 0 spiro atoms. The number of imide groups is 1. The van der Waals surface area contributed by atoms with Crippen LogP contribution in [0.3, 0.4) is 0 Å². The van der Waals surface area contributed by atoms with E-state index in [4.69, 9.17) is 0 Å². The van der Waals surface area contributed by atoms with Crippen LogP contribution in [0.4, 0.5) is 4.79 Å². The summed E-state index contributed by atoms with van der Waals surface area (Å²) in [4.78, 5) is 32.8. The number of aliphatic imine (C=N–C) groups is 1. The first-order valence-corrected chi connectivity index (χ1v) is 10.8. The second kappa shape index (κ2) is 9.38. The number of likely N-dealkylation sites (tertiary alicyclic amines) is 1. The maximum absolute atomic E-state index is 12.2. The fourth-order valence-corrected chi connectivity index (χ4v) is 5.89. The van der Waals surface area contributed by atoms with Gasteiger partial charge in [0.2, 0.25) is 0 Å². The van der Waals surface area contributed by atoms with Crippen molar-refractivity contribution in [3.8, 4) is 0 Å². The quantitative estimate of drug-likeness (QED) is 0.220. The Kier molecular flexibility index (Phi) is 7.88. The van der Waals surface area contributed by atoms with Gasteiger partial charge in [0.15, 0.2) is 5.96 Å². The number of urea groups is 1. The molecule has 0 aromatic carbocycles. The Labute approximate surface area is 189 Å². The second-order valence-electron chi connectivity index (χ2n) is 8.19. The molecule has 3 fully saturated rings. The first-order chi connectivity index (χ1) is 12.8. The maximum Gasteiger partial charge on any atom is 0.322 e. The van der Waals surface area contributed by atoms with Crippen LogP contribution in [-0.4, -0.2) is 91.1 Å². The minimum Gasteiger partial charge on any atom is -0.354 e. The summed E-state index contributed by atoms with van der Waals surface area (Å²) in [5.74, 6) is 3.20. The van der Waals surface area contributed by atoms with Crippen LogP contribution in [0.1, 0.15) is 26.2 Å². The molecule has 3 N–H and O–H groups in total. The van der Waals surface area contributed by atoms with Gasteiger partial charge < -0.3 is 20.4 Å². The number of nitrogens with zero attached hydrogens (tertiary/aromatic N) is 3. The zero-order chi connectivity index (χ0) is 19.7. The molecule has 3 heterocycles. The van der Waals surface area contributed by atoms with E-state index in [0.717, 1.165) is 44.2 Å². The molecule has 3 aliphatic rings. The largest absolute Gasteiger partial charge is 0.354 e. The average Bonchev–Trinajstić information content (AvgIpc) is 3.22. The SMILES string of the molecule is CN=C(NCC1(N(C)C)CCSC1)N1CCC(C2(C)NC(=O)NC2=O)CC1.I. The van der Waals surface area contributed by atoms with Crippen molar-refractivity contribution >= 4 is 53.6 Å². The molecule has 8 nitrogen and oxygen atoms in total. The lowest BCUT2D eigenvalue weighted by Gasteiger charge is -2.41. The number of likely N-dealkylation sites (N-methyl/N-ethyl adjacent to an activating group) is 1. The highest BCUT2D eigenvalue weighted by molar-refractivity contribution is 14.0. The number of carbonyl (C=O) groups excluding carboxylic acids is 2. The number of carbonyl (C=O) groups is 2. The topological polar surface area (TPSA) is 89.1 Å². The fraction of sp³-hybridized carbons (Fsp3) is 0.833. The molecule has 160 valence electrons. The summed E-state index contributed by atoms with van der Waals surface area (Å²) in [6, 6.07) is -0.383. The van der Waals surface area contributed by atoms with E-state index in [0.29, 0.717) is 0 Å². The number of piperidine rings is 1. The van der Waals surface area contributed by atoms with E-state index < -0.39 is 5.54 Å². The number of halogens is 1. The van der Waals surface area contributed by atoms with E-state index in [1.165, 1.54) is 12.2 Å². The van der Waals surface area contributed by atoms with E-state index in [-0.39, 0.29) is 47.4 Å². The Hall–Kier alpha value is -0.750. The molecule has 3 aliphatic heterocycles. The summed E-state index contributed by atoms with van der Waals surface area (Å²) < 4.78 is 0. The molecule has 0 aromatic rings. The Morgan fingerprint density at radius 1 is 1.36 bits per heavy atom. The summed E-state index contributed by atoms with van der Waals surface area (Å²) >= 11 is 2.01. The van der Waals surface area contributed by atoms with E-state index in [1.807, 2.05) is 25.7 Å². The van der Waals surface area contributed by atoms with Crippen LogP contribution < -0.4 is 16.0 Å². The molecule has 2 atom stereocenters. The number of amides is 3. The third-order valence-corrected chi connectivity index (χ3v) is 7.74. The average molecular weight is 524 g/mol. The fourth-order valence-electron chi connectivity index (χ4n) is 4.34. The van der Waals surface area contributed by atoms with Crippen LogP contribution in [-0.2, 0) is 4.79 Å². The number of hydrogen-bond donors (Lipinski definition) is 3. The molecule has 0 radical (unpaired) electrons. The number of rotatable bonds is 4.